The molecule has 1 aliphatic rings. The number of carbonyl (C=O) groups is 1. The quantitative estimate of drug-likeness (QED) is 0.0500. The summed E-state index contributed by atoms with van der Waals surface area (Å²) < 4.78 is 29.2. The van der Waals surface area contributed by atoms with Crippen LogP contribution in [0.1, 0.15) is 95.2 Å². The molecule has 0 radical (unpaired) electrons. The van der Waals surface area contributed by atoms with Crippen LogP contribution in [-0.2, 0) is 25.4 Å². The summed E-state index contributed by atoms with van der Waals surface area (Å²) in [7, 11) is 0.292. The predicted molar refractivity (Wildman–Crippen MR) is 184 cm³/mol. The number of rotatable bonds is 19. The number of carbonyl (C=O) groups excluding carboxylic acids is 1. The molecule has 1 aromatic rings. The van der Waals surface area contributed by atoms with E-state index in [1.54, 1.807) is 0 Å². The molecular formula is C37H60O6Si. The van der Waals surface area contributed by atoms with Crippen molar-refractivity contribution in [1.29, 1.82) is 0 Å². The van der Waals surface area contributed by atoms with Crippen LogP contribution in [0.2, 0.25) is 25.7 Å². The fourth-order valence-electron chi connectivity index (χ4n) is 4.97. The summed E-state index contributed by atoms with van der Waals surface area (Å²) in [5.41, 5.74) is 7.32. The highest BCUT2D eigenvalue weighted by Gasteiger charge is 2.20. The molecule has 0 amide bonds. The molecule has 6 nitrogen and oxygen atoms in total. The van der Waals surface area contributed by atoms with Crippen molar-refractivity contribution in [3.63, 3.8) is 0 Å². The van der Waals surface area contributed by atoms with Crippen molar-refractivity contribution in [2.75, 3.05) is 27.1 Å². The van der Waals surface area contributed by atoms with Crippen LogP contribution in [0.5, 0.6) is 11.5 Å². The third-order valence-corrected chi connectivity index (χ3v) is 9.94. The fraction of sp³-hybridized carbons (Fsp3) is 0.649. The van der Waals surface area contributed by atoms with Crippen LogP contribution in [-0.4, -0.2) is 47.4 Å². The minimum absolute atomic E-state index is 0.150. The van der Waals surface area contributed by atoms with Crippen LogP contribution >= 0.6 is 0 Å². The Morgan fingerprint density at radius 3 is 2.20 bits per heavy atom. The second-order valence-corrected chi connectivity index (χ2v) is 19.1. The van der Waals surface area contributed by atoms with E-state index < -0.39 is 8.07 Å². The molecule has 0 aromatic heterocycles. The van der Waals surface area contributed by atoms with Crippen molar-refractivity contribution in [1.82, 2.24) is 0 Å². The molecule has 248 valence electrons. The minimum Gasteiger partial charge on any atom is -0.469 e. The molecule has 1 atom stereocenters. The van der Waals surface area contributed by atoms with Crippen LogP contribution in [0.25, 0.3) is 0 Å². The maximum absolute atomic E-state index is 11.3. The number of hydrogen-bond acceptors (Lipinski definition) is 6. The molecule has 0 aliphatic carbocycles. The smallest absolute Gasteiger partial charge is 0.305 e. The normalized spacial score (nSPS) is 16.7. The second-order valence-electron chi connectivity index (χ2n) is 13.5. The first kappa shape index (κ1) is 37.8. The molecule has 1 aromatic carbocycles. The Hall–Kier alpha value is -2.35. The van der Waals surface area contributed by atoms with Gasteiger partial charge in [0.2, 0.25) is 0 Å². The average Bonchev–Trinajstić information content (AvgIpc) is 2.98. The highest BCUT2D eigenvalue weighted by atomic mass is 28.3. The van der Waals surface area contributed by atoms with E-state index in [4.69, 9.17) is 23.7 Å². The first-order valence-corrected chi connectivity index (χ1v) is 20.3. The molecule has 7 heteroatoms. The zero-order chi connectivity index (χ0) is 32.5. The van der Waals surface area contributed by atoms with E-state index in [2.05, 4.69) is 78.6 Å². The Morgan fingerprint density at radius 1 is 0.932 bits per heavy atom. The van der Waals surface area contributed by atoms with Gasteiger partial charge in [0, 0.05) is 33.1 Å². The molecule has 2 rings (SSSR count). The van der Waals surface area contributed by atoms with Gasteiger partial charge in [-0.1, -0.05) is 54.6 Å². The summed E-state index contributed by atoms with van der Waals surface area (Å²) in [4.78, 5) is 11.3. The Bertz CT molecular complexity index is 1120. The zero-order valence-electron chi connectivity index (χ0n) is 29.2. The van der Waals surface area contributed by atoms with Crippen LogP contribution in [0.4, 0.5) is 0 Å². The Kier molecular flexibility index (Phi) is 17.1. The topological polar surface area (TPSA) is 63.2 Å². The predicted octanol–water partition coefficient (Wildman–Crippen LogP) is 9.79. The van der Waals surface area contributed by atoms with E-state index in [-0.39, 0.29) is 19.1 Å². The van der Waals surface area contributed by atoms with Crippen molar-refractivity contribution >= 4 is 14.0 Å². The summed E-state index contributed by atoms with van der Waals surface area (Å²) in [5, 5.41) is 0. The van der Waals surface area contributed by atoms with E-state index in [1.165, 1.54) is 23.8 Å². The second kappa shape index (κ2) is 19.9. The van der Waals surface area contributed by atoms with Crippen molar-refractivity contribution in [2.45, 2.75) is 131 Å². The van der Waals surface area contributed by atoms with Crippen molar-refractivity contribution in [2.24, 2.45) is 0 Å². The van der Waals surface area contributed by atoms with Crippen LogP contribution in [0.15, 0.2) is 41.0 Å². The first-order chi connectivity index (χ1) is 20.9. The van der Waals surface area contributed by atoms with Gasteiger partial charge in [-0.3, -0.25) is 4.79 Å². The molecule has 1 aliphatic heterocycles. The third-order valence-electron chi connectivity index (χ3n) is 8.23. The first-order valence-electron chi connectivity index (χ1n) is 16.5. The lowest BCUT2D eigenvalue weighted by Crippen LogP contribution is -2.25. The van der Waals surface area contributed by atoms with Crippen LogP contribution in [0, 0.1) is 13.8 Å². The Morgan fingerprint density at radius 2 is 1.59 bits per heavy atom. The lowest BCUT2D eigenvalue weighted by molar-refractivity contribution is -0.140. The van der Waals surface area contributed by atoms with Gasteiger partial charge >= 0.3 is 5.97 Å². The molecule has 0 spiro atoms. The minimum atomic E-state index is -1.15. The van der Waals surface area contributed by atoms with Gasteiger partial charge in [-0.2, -0.15) is 0 Å². The Balaban J connectivity index is 2.02. The average molecular weight is 629 g/mol. The summed E-state index contributed by atoms with van der Waals surface area (Å²) in [6.07, 6.45) is 16.0. The van der Waals surface area contributed by atoms with E-state index in [1.807, 2.05) is 0 Å². The summed E-state index contributed by atoms with van der Waals surface area (Å²) in [6, 6.07) is 3.27. The molecule has 1 saturated heterocycles. The SMILES string of the molecule is COC(=O)CC/C(C)=C/CC/C(C)=C/CC/C(C)=C\Cc1cc(OC2CCCCO2)c(C)c(C)c1OCOCC[Si](C)(C)C. The number of ether oxygens (including phenoxy) is 5. The van der Waals surface area contributed by atoms with Gasteiger partial charge in [0.05, 0.1) is 13.7 Å². The van der Waals surface area contributed by atoms with Gasteiger partial charge < -0.3 is 23.7 Å². The molecule has 0 N–H and O–H groups in total. The highest BCUT2D eigenvalue weighted by Crippen LogP contribution is 2.36. The van der Waals surface area contributed by atoms with E-state index in [9.17, 15) is 4.79 Å². The molecular weight excluding hydrogens is 568 g/mol. The number of allylic oxidation sites excluding steroid dienone is 6. The van der Waals surface area contributed by atoms with Gasteiger partial charge in [-0.15, -0.1) is 0 Å². The molecule has 44 heavy (non-hydrogen) atoms. The van der Waals surface area contributed by atoms with Gasteiger partial charge in [0.25, 0.3) is 0 Å². The number of methoxy groups -OCH3 is 1. The monoisotopic (exact) mass is 628 g/mol. The lowest BCUT2D eigenvalue weighted by Gasteiger charge is -2.26. The molecule has 1 fully saturated rings. The number of esters is 1. The van der Waals surface area contributed by atoms with Crippen molar-refractivity contribution in [3.05, 3.63) is 57.7 Å². The van der Waals surface area contributed by atoms with Crippen molar-refractivity contribution < 1.29 is 28.5 Å². The van der Waals surface area contributed by atoms with Gasteiger partial charge in [-0.05, 0) is 109 Å². The van der Waals surface area contributed by atoms with E-state index >= 15 is 0 Å². The summed E-state index contributed by atoms with van der Waals surface area (Å²) >= 11 is 0. The Labute approximate surface area is 269 Å². The maximum Gasteiger partial charge on any atom is 0.305 e. The molecule has 0 saturated carbocycles. The zero-order valence-corrected chi connectivity index (χ0v) is 30.2. The van der Waals surface area contributed by atoms with E-state index in [0.29, 0.717) is 6.42 Å². The van der Waals surface area contributed by atoms with E-state index in [0.717, 1.165) is 105 Å². The van der Waals surface area contributed by atoms with Gasteiger partial charge in [0.15, 0.2) is 13.1 Å². The largest absolute Gasteiger partial charge is 0.469 e. The fourth-order valence-corrected chi connectivity index (χ4v) is 5.73. The summed E-state index contributed by atoms with van der Waals surface area (Å²) in [6.45, 7) is 19.6. The highest BCUT2D eigenvalue weighted by molar-refractivity contribution is 6.76. The van der Waals surface area contributed by atoms with Gasteiger partial charge in [0.1, 0.15) is 11.5 Å². The number of hydrogen-bond donors (Lipinski definition) is 0. The van der Waals surface area contributed by atoms with Crippen LogP contribution in [0.3, 0.4) is 0 Å². The van der Waals surface area contributed by atoms with Crippen molar-refractivity contribution in [3.8, 4) is 11.5 Å². The summed E-state index contributed by atoms with van der Waals surface area (Å²) in [5.74, 6) is 1.64. The molecule has 0 bridgehead atoms. The lowest BCUT2D eigenvalue weighted by atomic mass is 9.99. The number of benzene rings is 1. The molecule has 1 heterocycles. The molecule has 1 unspecified atom stereocenters. The maximum atomic E-state index is 11.3. The third kappa shape index (κ3) is 15.1. The van der Waals surface area contributed by atoms with Crippen LogP contribution < -0.4 is 9.47 Å². The van der Waals surface area contributed by atoms with Gasteiger partial charge in [-0.25, -0.2) is 0 Å². The standard InChI is InChI=1S/C37H60O6Si/c1-28(15-13-17-30(3)20-22-35(38)39-6)14-12-16-29(2)19-21-33-26-34(43-36-18-10-11-23-41-36)31(4)32(5)37(33)42-27-40-24-25-44(7,8)9/h14,17,19,26,36H,10-13,15-16,18,20-25,27H2,1-9H3/b28-14+,29-19-,30-17+.